The molecule has 3 aromatic rings. The predicted octanol–water partition coefficient (Wildman–Crippen LogP) is 3.45. The maximum Gasteiger partial charge on any atom is 0.240 e. The lowest BCUT2D eigenvalue weighted by molar-refractivity contribution is -0.120. The zero-order valence-corrected chi connectivity index (χ0v) is 17.1. The molecule has 0 aliphatic rings. The second kappa shape index (κ2) is 9.32. The molecule has 0 saturated heterocycles. The first-order valence-corrected chi connectivity index (χ1v) is 9.83. The number of rotatable bonds is 8. The van der Waals surface area contributed by atoms with E-state index in [0.717, 1.165) is 27.8 Å². The average molecular weight is 397 g/mol. The fraction of sp³-hybridized carbons (Fsp3) is 0.286. The second-order valence-corrected chi connectivity index (χ2v) is 7.31. The summed E-state index contributed by atoms with van der Waals surface area (Å²) in [6.45, 7) is 2.20. The van der Waals surface area contributed by atoms with Crippen molar-refractivity contribution in [1.29, 1.82) is 0 Å². The topological polar surface area (TPSA) is 67.3 Å². The van der Waals surface area contributed by atoms with Crippen LogP contribution in [0.4, 0.5) is 5.13 Å². The van der Waals surface area contributed by atoms with Gasteiger partial charge in [0.2, 0.25) is 11.0 Å². The van der Waals surface area contributed by atoms with E-state index in [-0.39, 0.29) is 18.5 Å². The number of carbonyl (C=O) groups is 1. The van der Waals surface area contributed by atoms with Gasteiger partial charge < -0.3 is 15.0 Å². The first-order chi connectivity index (χ1) is 13.5. The van der Waals surface area contributed by atoms with Crippen LogP contribution in [-0.4, -0.2) is 36.0 Å². The zero-order chi connectivity index (χ0) is 19.9. The molecule has 146 valence electrons. The van der Waals surface area contributed by atoms with Crippen molar-refractivity contribution in [2.24, 2.45) is 0 Å². The van der Waals surface area contributed by atoms with Gasteiger partial charge in [-0.3, -0.25) is 4.79 Å². The van der Waals surface area contributed by atoms with Crippen molar-refractivity contribution >= 4 is 22.6 Å². The number of methoxy groups -OCH3 is 1. The molecule has 28 heavy (non-hydrogen) atoms. The Morgan fingerprint density at radius 2 is 2.00 bits per heavy atom. The molecule has 0 spiro atoms. The normalized spacial score (nSPS) is 11.7. The molecule has 1 heterocycles. The van der Waals surface area contributed by atoms with E-state index >= 15 is 0 Å². The average Bonchev–Trinajstić information content (AvgIpc) is 3.17. The summed E-state index contributed by atoms with van der Waals surface area (Å²) in [6.07, 6.45) is 0.624. The number of amides is 1. The third-order valence-electron chi connectivity index (χ3n) is 4.34. The van der Waals surface area contributed by atoms with Crippen molar-refractivity contribution in [3.8, 4) is 5.75 Å². The summed E-state index contributed by atoms with van der Waals surface area (Å²) in [4.78, 5) is 18.8. The molecule has 1 N–H and O–H groups in total. The number of nitrogens with one attached hydrogen (secondary N) is 1. The van der Waals surface area contributed by atoms with Gasteiger partial charge in [0.15, 0.2) is 0 Å². The van der Waals surface area contributed by atoms with Crippen LogP contribution >= 0.6 is 11.5 Å². The van der Waals surface area contributed by atoms with E-state index in [1.165, 1.54) is 11.5 Å². The summed E-state index contributed by atoms with van der Waals surface area (Å²) >= 11 is 1.30. The molecule has 0 fully saturated rings. The van der Waals surface area contributed by atoms with Gasteiger partial charge in [-0.15, -0.1) is 0 Å². The highest BCUT2D eigenvalue weighted by atomic mass is 32.1. The van der Waals surface area contributed by atoms with Crippen molar-refractivity contribution in [3.05, 3.63) is 71.5 Å². The van der Waals surface area contributed by atoms with E-state index in [2.05, 4.69) is 14.7 Å². The van der Waals surface area contributed by atoms with Crippen LogP contribution in [0.15, 0.2) is 54.6 Å². The molecule has 1 unspecified atom stereocenters. The summed E-state index contributed by atoms with van der Waals surface area (Å²) in [5.74, 6) is 1.50. The molecule has 6 nitrogen and oxygen atoms in total. The number of carbonyl (C=O) groups excluding carboxylic acids is 1. The fourth-order valence-electron chi connectivity index (χ4n) is 2.83. The highest BCUT2D eigenvalue weighted by Gasteiger charge is 2.15. The number of hydrogen-bond acceptors (Lipinski definition) is 6. The maximum atomic E-state index is 12.4. The highest BCUT2D eigenvalue weighted by Crippen LogP contribution is 2.20. The molecule has 2 aromatic carbocycles. The van der Waals surface area contributed by atoms with Gasteiger partial charge >= 0.3 is 0 Å². The van der Waals surface area contributed by atoms with Gasteiger partial charge in [-0.25, -0.2) is 4.98 Å². The van der Waals surface area contributed by atoms with Gasteiger partial charge in [0, 0.05) is 25.0 Å². The Balaban J connectivity index is 1.56. The largest absolute Gasteiger partial charge is 0.497 e. The summed E-state index contributed by atoms with van der Waals surface area (Å²) in [7, 11) is 3.50. The molecular weight excluding hydrogens is 372 g/mol. The zero-order valence-electron chi connectivity index (χ0n) is 16.3. The molecule has 1 atom stereocenters. The van der Waals surface area contributed by atoms with Crippen molar-refractivity contribution in [1.82, 2.24) is 14.7 Å². The predicted molar refractivity (Wildman–Crippen MR) is 112 cm³/mol. The van der Waals surface area contributed by atoms with Crippen LogP contribution in [0.2, 0.25) is 0 Å². The molecule has 3 rings (SSSR count). The van der Waals surface area contributed by atoms with Crippen LogP contribution in [0.1, 0.15) is 29.9 Å². The quantitative estimate of drug-likeness (QED) is 0.632. The molecule has 1 aromatic heterocycles. The van der Waals surface area contributed by atoms with Gasteiger partial charge in [0.1, 0.15) is 11.6 Å². The van der Waals surface area contributed by atoms with E-state index < -0.39 is 0 Å². The van der Waals surface area contributed by atoms with Crippen molar-refractivity contribution in [3.63, 3.8) is 0 Å². The summed E-state index contributed by atoms with van der Waals surface area (Å²) in [5, 5.41) is 3.74. The van der Waals surface area contributed by atoms with Gasteiger partial charge in [-0.05, 0) is 30.2 Å². The Morgan fingerprint density at radius 3 is 2.75 bits per heavy atom. The van der Waals surface area contributed by atoms with Gasteiger partial charge in [0.05, 0.1) is 19.7 Å². The lowest BCUT2D eigenvalue weighted by Crippen LogP contribution is -2.36. The van der Waals surface area contributed by atoms with E-state index in [9.17, 15) is 4.79 Å². The monoisotopic (exact) mass is 396 g/mol. The number of likely N-dealkylation sites (N-methyl/N-ethyl adjacent to an activating group) is 1. The Kier molecular flexibility index (Phi) is 6.60. The van der Waals surface area contributed by atoms with Gasteiger partial charge in [-0.1, -0.05) is 42.5 Å². The van der Waals surface area contributed by atoms with Crippen LogP contribution in [0.3, 0.4) is 0 Å². The Morgan fingerprint density at radius 1 is 1.21 bits per heavy atom. The van der Waals surface area contributed by atoms with E-state index in [4.69, 9.17) is 4.74 Å². The van der Waals surface area contributed by atoms with Crippen LogP contribution < -0.4 is 15.0 Å². The van der Waals surface area contributed by atoms with Crippen LogP contribution in [-0.2, 0) is 11.2 Å². The van der Waals surface area contributed by atoms with Crippen LogP contribution in [0, 0.1) is 0 Å². The SMILES string of the molecule is COc1cccc(Cc2nsc(N(C)CC(=O)NC(C)c3ccccc3)n2)c1. The number of anilines is 1. The third-order valence-corrected chi connectivity index (χ3v) is 5.21. The van der Waals surface area contributed by atoms with Crippen molar-refractivity contribution < 1.29 is 9.53 Å². The molecule has 0 saturated carbocycles. The molecule has 0 aliphatic carbocycles. The summed E-state index contributed by atoms with van der Waals surface area (Å²) < 4.78 is 9.67. The minimum absolute atomic E-state index is 0.0415. The lowest BCUT2D eigenvalue weighted by atomic mass is 10.1. The van der Waals surface area contributed by atoms with E-state index in [1.807, 2.05) is 73.5 Å². The van der Waals surface area contributed by atoms with Crippen LogP contribution in [0.25, 0.3) is 0 Å². The number of ether oxygens (including phenoxy) is 1. The van der Waals surface area contributed by atoms with Crippen molar-refractivity contribution in [2.45, 2.75) is 19.4 Å². The summed E-state index contributed by atoms with van der Waals surface area (Å²) in [5.41, 5.74) is 2.16. The molecule has 0 bridgehead atoms. The minimum Gasteiger partial charge on any atom is -0.497 e. The number of aromatic nitrogens is 2. The number of benzene rings is 2. The molecule has 7 heteroatoms. The van der Waals surface area contributed by atoms with E-state index in [0.29, 0.717) is 6.42 Å². The summed E-state index contributed by atoms with van der Waals surface area (Å²) in [6, 6.07) is 17.7. The first kappa shape index (κ1) is 19.8. The Labute approximate surface area is 169 Å². The molecule has 0 aliphatic heterocycles. The standard InChI is InChI=1S/C21H24N4O2S/c1-15(17-9-5-4-6-10-17)22-20(26)14-25(2)21-23-19(24-28-21)13-16-8-7-11-18(12-16)27-3/h4-12,15H,13-14H2,1-3H3,(H,22,26). The third kappa shape index (κ3) is 5.29. The Bertz CT molecular complexity index is 914. The Hall–Kier alpha value is -2.93. The molecule has 0 radical (unpaired) electrons. The fourth-order valence-corrected chi connectivity index (χ4v) is 3.47. The number of nitrogens with zero attached hydrogens (tertiary/aromatic N) is 3. The molecular formula is C21H24N4O2S. The van der Waals surface area contributed by atoms with E-state index in [1.54, 1.807) is 7.11 Å². The van der Waals surface area contributed by atoms with Crippen molar-refractivity contribution in [2.75, 3.05) is 25.6 Å². The second-order valence-electron chi connectivity index (χ2n) is 6.58. The smallest absolute Gasteiger partial charge is 0.240 e. The maximum absolute atomic E-state index is 12.4. The first-order valence-electron chi connectivity index (χ1n) is 9.06. The molecule has 1 amide bonds. The van der Waals surface area contributed by atoms with Gasteiger partial charge in [0.25, 0.3) is 0 Å². The minimum atomic E-state index is -0.0524. The highest BCUT2D eigenvalue weighted by molar-refractivity contribution is 7.09. The van der Waals surface area contributed by atoms with Crippen LogP contribution in [0.5, 0.6) is 5.75 Å². The lowest BCUT2D eigenvalue weighted by Gasteiger charge is -2.18. The van der Waals surface area contributed by atoms with Gasteiger partial charge in [-0.2, -0.15) is 4.37 Å². The number of hydrogen-bond donors (Lipinski definition) is 1.